The third-order valence-electron chi connectivity index (χ3n) is 3.31. The molecule has 6 nitrogen and oxygen atoms in total. The topological polar surface area (TPSA) is 84.5 Å². The fourth-order valence-electron chi connectivity index (χ4n) is 1.92. The average Bonchev–Trinajstić information content (AvgIpc) is 2.51. The Morgan fingerprint density at radius 1 is 1.21 bits per heavy atom. The van der Waals surface area contributed by atoms with Gasteiger partial charge in [0, 0.05) is 10.4 Å². The molecule has 2 amide bonds. The lowest BCUT2D eigenvalue weighted by atomic mass is 9.96. The average molecular weight is 355 g/mol. The number of rotatable bonds is 6. The van der Waals surface area contributed by atoms with Crippen LogP contribution in [-0.4, -0.2) is 31.4 Å². The second kappa shape index (κ2) is 8.68. The monoisotopic (exact) mass is 354 g/mol. The summed E-state index contributed by atoms with van der Waals surface area (Å²) in [4.78, 5) is 35.5. The molecule has 0 aliphatic rings. The van der Waals surface area contributed by atoms with Gasteiger partial charge in [0.2, 0.25) is 11.8 Å². The molecular formula is C17H23ClN2O4. The molecule has 0 aliphatic carbocycles. The summed E-state index contributed by atoms with van der Waals surface area (Å²) >= 11 is 6.14. The van der Waals surface area contributed by atoms with E-state index in [0.29, 0.717) is 10.6 Å². The maximum absolute atomic E-state index is 12.1. The fraction of sp³-hybridized carbons (Fsp3) is 0.471. The minimum absolute atomic E-state index is 0.0564. The molecule has 1 rings (SSSR count). The highest BCUT2D eigenvalue weighted by Gasteiger charge is 2.24. The zero-order valence-electron chi connectivity index (χ0n) is 14.3. The van der Waals surface area contributed by atoms with Gasteiger partial charge in [-0.2, -0.15) is 0 Å². The Kier molecular flexibility index (Phi) is 7.22. The van der Waals surface area contributed by atoms with Gasteiger partial charge in [-0.25, -0.2) is 0 Å². The number of methoxy groups -OCH3 is 1. The van der Waals surface area contributed by atoms with Crippen LogP contribution in [-0.2, 0) is 19.1 Å². The molecule has 1 unspecified atom stereocenters. The van der Waals surface area contributed by atoms with Crippen LogP contribution < -0.4 is 10.6 Å². The molecule has 0 spiro atoms. The lowest BCUT2D eigenvalue weighted by Crippen LogP contribution is -2.43. The van der Waals surface area contributed by atoms with Gasteiger partial charge in [0.05, 0.1) is 26.1 Å². The molecule has 0 aliphatic heterocycles. The van der Waals surface area contributed by atoms with Gasteiger partial charge in [-0.05, 0) is 11.6 Å². The number of carbonyl (C=O) groups is 3. The van der Waals surface area contributed by atoms with Gasteiger partial charge in [0.15, 0.2) is 0 Å². The molecule has 0 heterocycles. The number of hydrogen-bond donors (Lipinski definition) is 2. The highest BCUT2D eigenvalue weighted by Crippen LogP contribution is 2.25. The fourth-order valence-corrected chi connectivity index (χ4v) is 2.18. The molecule has 0 saturated carbocycles. The largest absolute Gasteiger partial charge is 0.469 e. The van der Waals surface area contributed by atoms with Crippen molar-refractivity contribution < 1.29 is 19.1 Å². The molecule has 7 heteroatoms. The van der Waals surface area contributed by atoms with Crippen LogP contribution in [0.3, 0.4) is 0 Å². The minimum Gasteiger partial charge on any atom is -0.469 e. The summed E-state index contributed by atoms with van der Waals surface area (Å²) in [5, 5.41) is 5.70. The minimum atomic E-state index is -0.634. The van der Waals surface area contributed by atoms with Crippen LogP contribution >= 0.6 is 11.6 Å². The molecule has 1 aromatic carbocycles. The first kappa shape index (κ1) is 20.0. The molecule has 0 radical (unpaired) electrons. The van der Waals surface area contributed by atoms with E-state index in [1.807, 2.05) is 0 Å². The van der Waals surface area contributed by atoms with Crippen LogP contribution in [0.1, 0.15) is 38.8 Å². The number of amides is 2. The molecule has 132 valence electrons. The number of carbonyl (C=O) groups excluding carboxylic acids is 3. The van der Waals surface area contributed by atoms with Crippen LogP contribution in [0.2, 0.25) is 5.02 Å². The summed E-state index contributed by atoms with van der Waals surface area (Å²) in [6, 6.07) is 6.29. The molecular weight excluding hydrogens is 332 g/mol. The quantitative estimate of drug-likeness (QED) is 0.767. The summed E-state index contributed by atoms with van der Waals surface area (Å²) in [7, 11) is 1.28. The Labute approximate surface area is 146 Å². The molecule has 2 N–H and O–H groups in total. The first-order valence-electron chi connectivity index (χ1n) is 7.54. The van der Waals surface area contributed by atoms with Gasteiger partial charge in [-0.15, -0.1) is 0 Å². The number of ether oxygens (including phenoxy) is 1. The van der Waals surface area contributed by atoms with Gasteiger partial charge < -0.3 is 15.4 Å². The molecule has 24 heavy (non-hydrogen) atoms. The van der Waals surface area contributed by atoms with Crippen molar-refractivity contribution in [3.63, 3.8) is 0 Å². The van der Waals surface area contributed by atoms with E-state index in [-0.39, 0.29) is 18.9 Å². The summed E-state index contributed by atoms with van der Waals surface area (Å²) in [5.41, 5.74) is 0.0223. The van der Waals surface area contributed by atoms with Crippen molar-refractivity contribution in [3.8, 4) is 0 Å². The Balaban J connectivity index is 2.78. The van der Waals surface area contributed by atoms with Gasteiger partial charge in [0.25, 0.3) is 0 Å². The second-order valence-corrected chi connectivity index (χ2v) is 6.76. The molecule has 0 fully saturated rings. The number of halogens is 1. The molecule has 0 aromatic heterocycles. The highest BCUT2D eigenvalue weighted by atomic mass is 35.5. The zero-order valence-corrected chi connectivity index (χ0v) is 15.1. The normalized spacial score (nSPS) is 12.2. The van der Waals surface area contributed by atoms with E-state index in [4.69, 9.17) is 11.6 Å². The maximum Gasteiger partial charge on any atom is 0.307 e. The Hall–Kier alpha value is -2.08. The summed E-state index contributed by atoms with van der Waals surface area (Å²) in [5.74, 6) is -1.12. The smallest absolute Gasteiger partial charge is 0.307 e. The van der Waals surface area contributed by atoms with Crippen molar-refractivity contribution in [3.05, 3.63) is 34.9 Å². The standard InChI is InChI=1S/C17H23ClN2O4/c1-17(2,3)16(23)19-10-14(21)20-13(9-15(22)24-4)11-7-5-6-8-12(11)18/h5-8,13H,9-10H2,1-4H3,(H,19,23)(H,20,21). The van der Waals surface area contributed by atoms with Crippen molar-refractivity contribution in [2.75, 3.05) is 13.7 Å². The van der Waals surface area contributed by atoms with Gasteiger partial charge in [0.1, 0.15) is 0 Å². The Morgan fingerprint density at radius 3 is 2.38 bits per heavy atom. The van der Waals surface area contributed by atoms with Gasteiger partial charge in [-0.1, -0.05) is 50.6 Å². The molecule has 0 bridgehead atoms. The molecule has 0 saturated heterocycles. The molecule has 1 atom stereocenters. The summed E-state index contributed by atoms with van der Waals surface area (Å²) in [6.07, 6.45) is -0.0564. The van der Waals surface area contributed by atoms with E-state index in [9.17, 15) is 14.4 Å². The van der Waals surface area contributed by atoms with Crippen LogP contribution in [0.4, 0.5) is 0 Å². The van der Waals surface area contributed by atoms with Crippen LogP contribution in [0.25, 0.3) is 0 Å². The Morgan fingerprint density at radius 2 is 1.83 bits per heavy atom. The first-order valence-corrected chi connectivity index (χ1v) is 7.92. The third kappa shape index (κ3) is 6.20. The number of esters is 1. The zero-order chi connectivity index (χ0) is 18.3. The van der Waals surface area contributed by atoms with Crippen molar-refractivity contribution in [1.82, 2.24) is 10.6 Å². The van der Waals surface area contributed by atoms with E-state index in [1.165, 1.54) is 7.11 Å². The van der Waals surface area contributed by atoms with E-state index in [0.717, 1.165) is 0 Å². The van der Waals surface area contributed by atoms with Crippen molar-refractivity contribution in [2.45, 2.75) is 33.2 Å². The van der Waals surface area contributed by atoms with Gasteiger partial charge >= 0.3 is 5.97 Å². The van der Waals surface area contributed by atoms with E-state index in [2.05, 4.69) is 15.4 Å². The number of nitrogens with one attached hydrogen (secondary N) is 2. The van der Waals surface area contributed by atoms with E-state index >= 15 is 0 Å². The molecule has 1 aromatic rings. The summed E-state index contributed by atoms with van der Waals surface area (Å²) in [6.45, 7) is 5.08. The van der Waals surface area contributed by atoms with Crippen molar-refractivity contribution in [2.24, 2.45) is 5.41 Å². The highest BCUT2D eigenvalue weighted by molar-refractivity contribution is 6.31. The van der Waals surface area contributed by atoms with E-state index in [1.54, 1.807) is 45.0 Å². The van der Waals surface area contributed by atoms with Crippen LogP contribution in [0.15, 0.2) is 24.3 Å². The Bertz CT molecular complexity index is 611. The predicted octanol–water partition coefficient (Wildman–Crippen LogP) is 2.22. The lowest BCUT2D eigenvalue weighted by Gasteiger charge is -2.21. The van der Waals surface area contributed by atoms with Crippen LogP contribution in [0, 0.1) is 5.41 Å². The van der Waals surface area contributed by atoms with Gasteiger partial charge in [-0.3, -0.25) is 14.4 Å². The van der Waals surface area contributed by atoms with Crippen molar-refractivity contribution in [1.29, 1.82) is 0 Å². The van der Waals surface area contributed by atoms with Crippen LogP contribution in [0.5, 0.6) is 0 Å². The number of hydrogen-bond acceptors (Lipinski definition) is 4. The predicted molar refractivity (Wildman–Crippen MR) is 91.4 cm³/mol. The lowest BCUT2D eigenvalue weighted by molar-refractivity contribution is -0.141. The third-order valence-corrected chi connectivity index (χ3v) is 3.65. The SMILES string of the molecule is COC(=O)CC(NC(=O)CNC(=O)C(C)(C)C)c1ccccc1Cl. The number of benzene rings is 1. The maximum atomic E-state index is 12.1. The summed E-state index contributed by atoms with van der Waals surface area (Å²) < 4.78 is 4.66. The van der Waals surface area contributed by atoms with E-state index < -0.39 is 23.3 Å². The second-order valence-electron chi connectivity index (χ2n) is 6.35. The van der Waals surface area contributed by atoms with Crippen molar-refractivity contribution >= 4 is 29.4 Å². The first-order chi connectivity index (χ1) is 11.1.